The van der Waals surface area contributed by atoms with Crippen molar-refractivity contribution in [2.75, 3.05) is 20.2 Å². The highest BCUT2D eigenvalue weighted by molar-refractivity contribution is 9.10. The fourth-order valence-corrected chi connectivity index (χ4v) is 1.96. The van der Waals surface area contributed by atoms with Gasteiger partial charge in [0.25, 0.3) is 0 Å². The zero-order valence-corrected chi connectivity index (χ0v) is 14.4. The summed E-state index contributed by atoms with van der Waals surface area (Å²) in [6, 6.07) is 1.96. The second kappa shape index (κ2) is 8.95. The number of rotatable bonds is 8. The molecule has 0 amide bonds. The summed E-state index contributed by atoms with van der Waals surface area (Å²) < 4.78 is 6.55. The van der Waals surface area contributed by atoms with Crippen LogP contribution in [0.15, 0.2) is 15.5 Å². The molecule has 20 heavy (non-hydrogen) atoms. The lowest BCUT2D eigenvalue weighted by molar-refractivity contribution is 0.292. The third-order valence-corrected chi connectivity index (χ3v) is 3.56. The minimum atomic E-state index is 0.654. The van der Waals surface area contributed by atoms with E-state index in [1.807, 2.05) is 31.3 Å². The summed E-state index contributed by atoms with van der Waals surface area (Å²) in [7, 11) is 1.99. The SMILES string of the molecule is CCCCCOc1nc(C)c(N=CN(C)CC)cc1Br. The van der Waals surface area contributed by atoms with Crippen LogP contribution < -0.4 is 4.74 Å². The molecule has 0 radical (unpaired) electrons. The van der Waals surface area contributed by atoms with Gasteiger partial charge < -0.3 is 9.64 Å². The van der Waals surface area contributed by atoms with E-state index in [4.69, 9.17) is 4.74 Å². The quantitative estimate of drug-likeness (QED) is 0.401. The first-order chi connectivity index (χ1) is 9.58. The number of unbranched alkanes of at least 4 members (excludes halogenated alkanes) is 2. The topological polar surface area (TPSA) is 37.7 Å². The van der Waals surface area contributed by atoms with Crippen molar-refractivity contribution in [1.82, 2.24) is 9.88 Å². The Kier molecular flexibility index (Phi) is 7.59. The molecule has 0 aromatic carbocycles. The van der Waals surface area contributed by atoms with Gasteiger partial charge in [-0.2, -0.15) is 0 Å². The molecule has 0 aliphatic carbocycles. The third kappa shape index (κ3) is 5.49. The molecule has 0 aliphatic rings. The van der Waals surface area contributed by atoms with Gasteiger partial charge in [0.1, 0.15) is 0 Å². The van der Waals surface area contributed by atoms with E-state index in [2.05, 4.69) is 39.8 Å². The largest absolute Gasteiger partial charge is 0.477 e. The van der Waals surface area contributed by atoms with Crippen LogP contribution in [0.4, 0.5) is 5.69 Å². The molecule has 1 aromatic heterocycles. The van der Waals surface area contributed by atoms with E-state index in [0.717, 1.165) is 28.8 Å². The van der Waals surface area contributed by atoms with Crippen molar-refractivity contribution in [3.05, 3.63) is 16.2 Å². The predicted molar refractivity (Wildman–Crippen MR) is 88.2 cm³/mol. The van der Waals surface area contributed by atoms with Gasteiger partial charge in [-0.05, 0) is 42.3 Å². The lowest BCUT2D eigenvalue weighted by atomic mass is 10.3. The van der Waals surface area contributed by atoms with Crippen LogP contribution in [0.2, 0.25) is 0 Å². The van der Waals surface area contributed by atoms with E-state index in [1.165, 1.54) is 12.8 Å². The maximum Gasteiger partial charge on any atom is 0.228 e. The number of aryl methyl sites for hydroxylation is 1. The fraction of sp³-hybridized carbons (Fsp3) is 0.600. The van der Waals surface area contributed by atoms with Gasteiger partial charge in [-0.3, -0.25) is 0 Å². The van der Waals surface area contributed by atoms with Gasteiger partial charge in [-0.15, -0.1) is 0 Å². The van der Waals surface area contributed by atoms with Gasteiger partial charge in [-0.1, -0.05) is 19.8 Å². The zero-order valence-electron chi connectivity index (χ0n) is 12.8. The van der Waals surface area contributed by atoms with Gasteiger partial charge in [-0.25, -0.2) is 9.98 Å². The molecule has 0 unspecified atom stereocenters. The number of halogens is 1. The highest BCUT2D eigenvalue weighted by atomic mass is 79.9. The second-order valence-corrected chi connectivity index (χ2v) is 5.61. The Morgan fingerprint density at radius 2 is 2.15 bits per heavy atom. The Balaban J connectivity index is 2.73. The van der Waals surface area contributed by atoms with Crippen molar-refractivity contribution < 1.29 is 4.74 Å². The van der Waals surface area contributed by atoms with E-state index >= 15 is 0 Å². The molecule has 0 aliphatic heterocycles. The second-order valence-electron chi connectivity index (χ2n) is 4.75. The zero-order chi connectivity index (χ0) is 15.0. The van der Waals surface area contributed by atoms with Crippen molar-refractivity contribution in [3.8, 4) is 5.88 Å². The Hall–Kier alpha value is -1.10. The minimum absolute atomic E-state index is 0.654. The highest BCUT2D eigenvalue weighted by Crippen LogP contribution is 2.29. The van der Waals surface area contributed by atoms with E-state index in [9.17, 15) is 0 Å². The van der Waals surface area contributed by atoms with Crippen LogP contribution in [0, 0.1) is 6.92 Å². The van der Waals surface area contributed by atoms with Gasteiger partial charge in [0.2, 0.25) is 5.88 Å². The van der Waals surface area contributed by atoms with Crippen molar-refractivity contribution >= 4 is 28.0 Å². The molecule has 1 aromatic rings. The van der Waals surface area contributed by atoms with Gasteiger partial charge in [0.05, 0.1) is 28.8 Å². The molecule has 0 spiro atoms. The molecule has 0 fully saturated rings. The van der Waals surface area contributed by atoms with Crippen LogP contribution in [-0.2, 0) is 0 Å². The molecule has 1 rings (SSSR count). The van der Waals surface area contributed by atoms with Crippen molar-refractivity contribution in [1.29, 1.82) is 0 Å². The summed E-state index contributed by atoms with van der Waals surface area (Å²) in [6.45, 7) is 7.85. The Morgan fingerprint density at radius 1 is 1.40 bits per heavy atom. The lowest BCUT2D eigenvalue weighted by Crippen LogP contribution is -2.14. The van der Waals surface area contributed by atoms with E-state index in [0.29, 0.717) is 12.5 Å². The Morgan fingerprint density at radius 3 is 2.80 bits per heavy atom. The number of aliphatic imine (C=N–C) groups is 1. The molecule has 1 heterocycles. The summed E-state index contributed by atoms with van der Waals surface area (Å²) in [5.41, 5.74) is 1.73. The van der Waals surface area contributed by atoms with E-state index in [1.54, 1.807) is 0 Å². The molecule has 0 saturated heterocycles. The number of hydrogen-bond acceptors (Lipinski definition) is 3. The Bertz CT molecular complexity index is 449. The van der Waals surface area contributed by atoms with Crippen LogP contribution >= 0.6 is 15.9 Å². The standard InChI is InChI=1S/C15H24BrN3O/c1-5-7-8-9-20-15-13(16)10-14(12(3)18-15)17-11-19(4)6-2/h10-11H,5-9H2,1-4H3. The molecule has 5 heteroatoms. The number of nitrogens with zero attached hydrogens (tertiary/aromatic N) is 3. The van der Waals surface area contributed by atoms with E-state index < -0.39 is 0 Å². The monoisotopic (exact) mass is 341 g/mol. The minimum Gasteiger partial charge on any atom is -0.477 e. The highest BCUT2D eigenvalue weighted by Gasteiger charge is 2.08. The van der Waals surface area contributed by atoms with Crippen LogP contribution in [0.1, 0.15) is 38.8 Å². The first kappa shape index (κ1) is 17.0. The smallest absolute Gasteiger partial charge is 0.228 e. The summed E-state index contributed by atoms with van der Waals surface area (Å²) >= 11 is 3.50. The third-order valence-electron chi connectivity index (χ3n) is 2.99. The predicted octanol–water partition coefficient (Wildman–Crippen LogP) is 4.33. The molecule has 4 nitrogen and oxygen atoms in total. The number of hydrogen-bond donors (Lipinski definition) is 0. The van der Waals surface area contributed by atoms with Crippen LogP contribution in [0.5, 0.6) is 5.88 Å². The Labute approximate surface area is 130 Å². The average molecular weight is 342 g/mol. The summed E-state index contributed by atoms with van der Waals surface area (Å²) in [5, 5.41) is 0. The first-order valence-electron chi connectivity index (χ1n) is 7.12. The molecular formula is C15H24BrN3O. The normalized spacial score (nSPS) is 11.1. The maximum atomic E-state index is 5.70. The molecule has 0 bridgehead atoms. The summed E-state index contributed by atoms with van der Waals surface area (Å²) in [6.07, 6.45) is 5.25. The average Bonchev–Trinajstić information content (AvgIpc) is 2.44. The molecule has 0 saturated carbocycles. The lowest BCUT2D eigenvalue weighted by Gasteiger charge is -2.11. The van der Waals surface area contributed by atoms with Crippen molar-refractivity contribution in [2.24, 2.45) is 4.99 Å². The van der Waals surface area contributed by atoms with E-state index in [-0.39, 0.29) is 0 Å². The maximum absolute atomic E-state index is 5.70. The van der Waals surface area contributed by atoms with Crippen LogP contribution in [-0.4, -0.2) is 36.4 Å². The number of pyridine rings is 1. The van der Waals surface area contributed by atoms with Gasteiger partial charge in [0.15, 0.2) is 0 Å². The van der Waals surface area contributed by atoms with Crippen LogP contribution in [0.3, 0.4) is 0 Å². The van der Waals surface area contributed by atoms with Gasteiger partial charge >= 0.3 is 0 Å². The fourth-order valence-electron chi connectivity index (χ4n) is 1.54. The molecule has 0 atom stereocenters. The number of aromatic nitrogens is 1. The van der Waals surface area contributed by atoms with Gasteiger partial charge in [0, 0.05) is 13.6 Å². The molecule has 112 valence electrons. The molecular weight excluding hydrogens is 318 g/mol. The van der Waals surface area contributed by atoms with Crippen molar-refractivity contribution in [2.45, 2.75) is 40.0 Å². The first-order valence-corrected chi connectivity index (χ1v) is 7.92. The van der Waals surface area contributed by atoms with Crippen molar-refractivity contribution in [3.63, 3.8) is 0 Å². The van der Waals surface area contributed by atoms with Crippen LogP contribution in [0.25, 0.3) is 0 Å². The molecule has 0 N–H and O–H groups in total. The summed E-state index contributed by atoms with van der Waals surface area (Å²) in [5.74, 6) is 0.654. The number of ether oxygens (including phenoxy) is 1. The summed E-state index contributed by atoms with van der Waals surface area (Å²) in [4.78, 5) is 10.9.